The lowest BCUT2D eigenvalue weighted by molar-refractivity contribution is 0.312. The van der Waals surface area contributed by atoms with E-state index in [0.29, 0.717) is 11.3 Å². The average Bonchev–Trinajstić information content (AvgIpc) is 2.47. The Balaban J connectivity index is 2.01. The third-order valence-corrected chi connectivity index (χ3v) is 4.77. The van der Waals surface area contributed by atoms with Crippen LogP contribution >= 0.6 is 12.6 Å². The van der Waals surface area contributed by atoms with Gasteiger partial charge in [0.05, 0.1) is 0 Å². The molecular formula is C21H28S. The van der Waals surface area contributed by atoms with E-state index in [9.17, 15) is 0 Å². The highest BCUT2D eigenvalue weighted by atomic mass is 32.1. The molecule has 1 heteroatoms. The number of rotatable bonds is 5. The Labute approximate surface area is 141 Å². The molecule has 0 saturated carbocycles. The summed E-state index contributed by atoms with van der Waals surface area (Å²) in [6, 6.07) is 17.7. The van der Waals surface area contributed by atoms with E-state index in [-0.39, 0.29) is 0 Å². The molecule has 0 bridgehead atoms. The zero-order valence-corrected chi connectivity index (χ0v) is 15.2. The zero-order chi connectivity index (χ0) is 16.2. The van der Waals surface area contributed by atoms with Gasteiger partial charge in [-0.25, -0.2) is 0 Å². The third-order valence-electron chi connectivity index (χ3n) is 4.47. The highest BCUT2D eigenvalue weighted by Crippen LogP contribution is 2.37. The van der Waals surface area contributed by atoms with Crippen LogP contribution in [0.25, 0.3) is 0 Å². The lowest BCUT2D eigenvalue weighted by Gasteiger charge is -2.30. The lowest BCUT2D eigenvalue weighted by atomic mass is 9.75. The van der Waals surface area contributed by atoms with Gasteiger partial charge in [-0.2, -0.15) is 0 Å². The van der Waals surface area contributed by atoms with Crippen LogP contribution in [0.5, 0.6) is 0 Å². The minimum Gasteiger partial charge on any atom is -0.143 e. The van der Waals surface area contributed by atoms with Crippen LogP contribution in [0.4, 0.5) is 0 Å². The van der Waals surface area contributed by atoms with Gasteiger partial charge in [0.1, 0.15) is 0 Å². The Morgan fingerprint density at radius 1 is 0.818 bits per heavy atom. The monoisotopic (exact) mass is 312 g/mol. The first-order valence-electron chi connectivity index (χ1n) is 8.27. The van der Waals surface area contributed by atoms with Gasteiger partial charge in [0.15, 0.2) is 0 Å². The Morgan fingerprint density at radius 3 is 1.68 bits per heavy atom. The largest absolute Gasteiger partial charge is 0.143 e. The summed E-state index contributed by atoms with van der Waals surface area (Å²) in [4.78, 5) is 1.03. The van der Waals surface area contributed by atoms with Crippen LogP contribution in [0.15, 0.2) is 53.4 Å². The van der Waals surface area contributed by atoms with E-state index < -0.39 is 0 Å². The summed E-state index contributed by atoms with van der Waals surface area (Å²) in [5.74, 6) is 0.629. The average molecular weight is 313 g/mol. The fourth-order valence-electron chi connectivity index (χ4n) is 3.22. The smallest absolute Gasteiger partial charge is 0.00401 e. The molecule has 0 radical (unpaired) electrons. The van der Waals surface area contributed by atoms with Gasteiger partial charge in [0.25, 0.3) is 0 Å². The summed E-state index contributed by atoms with van der Waals surface area (Å²) in [5, 5.41) is 0. The van der Waals surface area contributed by atoms with E-state index in [1.54, 1.807) is 0 Å². The van der Waals surface area contributed by atoms with Crippen molar-refractivity contribution in [1.82, 2.24) is 0 Å². The maximum Gasteiger partial charge on any atom is 0.00401 e. The molecule has 118 valence electrons. The molecule has 2 rings (SSSR count). The molecule has 0 aliphatic heterocycles. The Hall–Kier alpha value is -1.21. The molecule has 0 nitrogen and oxygen atoms in total. The van der Waals surface area contributed by atoms with Crippen molar-refractivity contribution in [2.45, 2.75) is 57.8 Å². The molecule has 0 saturated heterocycles. The number of thiol groups is 1. The highest BCUT2D eigenvalue weighted by Gasteiger charge is 2.24. The van der Waals surface area contributed by atoms with E-state index in [0.717, 1.165) is 17.7 Å². The molecule has 0 fully saturated rings. The molecule has 22 heavy (non-hydrogen) atoms. The molecule has 2 aromatic carbocycles. The summed E-state index contributed by atoms with van der Waals surface area (Å²) >= 11 is 4.33. The van der Waals surface area contributed by atoms with Crippen molar-refractivity contribution in [2.75, 3.05) is 0 Å². The van der Waals surface area contributed by atoms with Gasteiger partial charge in [0.2, 0.25) is 0 Å². The molecule has 0 N–H and O–H groups in total. The molecule has 0 amide bonds. The van der Waals surface area contributed by atoms with Crippen LogP contribution in [0.2, 0.25) is 0 Å². The predicted molar refractivity (Wildman–Crippen MR) is 100 cm³/mol. The summed E-state index contributed by atoms with van der Waals surface area (Å²) in [6.45, 7) is 9.29. The second kappa shape index (κ2) is 7.37. The van der Waals surface area contributed by atoms with Crippen molar-refractivity contribution in [3.8, 4) is 0 Å². The third kappa shape index (κ3) is 4.64. The number of hydrogen-bond acceptors (Lipinski definition) is 1. The van der Waals surface area contributed by atoms with Crippen molar-refractivity contribution < 1.29 is 0 Å². The van der Waals surface area contributed by atoms with Gasteiger partial charge < -0.3 is 0 Å². The fraction of sp³-hybridized carbons (Fsp3) is 0.429. The van der Waals surface area contributed by atoms with Crippen LogP contribution < -0.4 is 0 Å². The number of benzene rings is 2. The van der Waals surface area contributed by atoms with Crippen molar-refractivity contribution >= 4 is 12.6 Å². The maximum atomic E-state index is 4.33. The first-order chi connectivity index (χ1) is 10.4. The van der Waals surface area contributed by atoms with Crippen LogP contribution in [-0.4, -0.2) is 0 Å². The van der Waals surface area contributed by atoms with E-state index >= 15 is 0 Å². The van der Waals surface area contributed by atoms with E-state index in [4.69, 9.17) is 0 Å². The first kappa shape index (κ1) is 17.1. The minimum atomic E-state index is 0.324. The lowest BCUT2D eigenvalue weighted by Crippen LogP contribution is -2.17. The maximum absolute atomic E-state index is 4.33. The van der Waals surface area contributed by atoms with Crippen LogP contribution in [0, 0.1) is 5.41 Å². The molecular weight excluding hydrogens is 284 g/mol. The topological polar surface area (TPSA) is 0 Å². The minimum absolute atomic E-state index is 0.324. The van der Waals surface area contributed by atoms with Crippen molar-refractivity contribution in [2.24, 2.45) is 5.41 Å². The van der Waals surface area contributed by atoms with Gasteiger partial charge in [0, 0.05) is 4.90 Å². The molecule has 0 aliphatic carbocycles. The van der Waals surface area contributed by atoms with Crippen molar-refractivity contribution in [3.63, 3.8) is 0 Å². The summed E-state index contributed by atoms with van der Waals surface area (Å²) in [6.07, 6.45) is 3.38. The Bertz CT molecular complexity index is 573. The fourth-order valence-corrected chi connectivity index (χ4v) is 3.37. The van der Waals surface area contributed by atoms with Gasteiger partial charge in [-0.3, -0.25) is 0 Å². The number of aryl methyl sites for hydroxylation is 2. The zero-order valence-electron chi connectivity index (χ0n) is 14.3. The van der Waals surface area contributed by atoms with Crippen LogP contribution in [0.1, 0.15) is 56.7 Å². The van der Waals surface area contributed by atoms with Gasteiger partial charge in [-0.15, -0.1) is 12.6 Å². The Kier molecular flexibility index (Phi) is 5.74. The van der Waals surface area contributed by atoms with E-state index in [1.165, 1.54) is 23.1 Å². The Morgan fingerprint density at radius 2 is 1.27 bits per heavy atom. The second-order valence-electron chi connectivity index (χ2n) is 7.23. The normalized spacial score (nSPS) is 13.1. The second-order valence-corrected chi connectivity index (χ2v) is 7.75. The van der Waals surface area contributed by atoms with Crippen molar-refractivity contribution in [1.29, 1.82) is 0 Å². The standard InChI is InChI=1S/C21H28S/c1-5-20(21(2,3)4)18-12-8-16(9-13-18)6-7-17-10-14-19(22)15-11-17/h8-15,20,22H,5-7H2,1-4H3. The molecule has 0 aromatic heterocycles. The van der Waals surface area contributed by atoms with Gasteiger partial charge in [-0.1, -0.05) is 64.1 Å². The van der Waals surface area contributed by atoms with Gasteiger partial charge >= 0.3 is 0 Å². The highest BCUT2D eigenvalue weighted by molar-refractivity contribution is 7.80. The molecule has 0 aliphatic rings. The summed E-state index contributed by atoms with van der Waals surface area (Å²) in [5.41, 5.74) is 4.59. The van der Waals surface area contributed by atoms with E-state index in [1.807, 2.05) is 0 Å². The molecule has 1 atom stereocenters. The summed E-state index contributed by atoms with van der Waals surface area (Å²) < 4.78 is 0. The molecule has 1 unspecified atom stereocenters. The molecule has 0 heterocycles. The molecule has 2 aromatic rings. The summed E-state index contributed by atoms with van der Waals surface area (Å²) in [7, 11) is 0. The van der Waals surface area contributed by atoms with Crippen LogP contribution in [0.3, 0.4) is 0 Å². The van der Waals surface area contributed by atoms with Gasteiger partial charge in [-0.05, 0) is 59.4 Å². The first-order valence-corrected chi connectivity index (χ1v) is 8.71. The van der Waals surface area contributed by atoms with Crippen LogP contribution in [-0.2, 0) is 12.8 Å². The van der Waals surface area contributed by atoms with Crippen molar-refractivity contribution in [3.05, 3.63) is 65.2 Å². The number of hydrogen-bond donors (Lipinski definition) is 1. The molecule has 0 spiro atoms. The van der Waals surface area contributed by atoms with E-state index in [2.05, 4.69) is 88.9 Å². The quantitative estimate of drug-likeness (QED) is 0.615. The SMILES string of the molecule is CCC(c1ccc(CCc2ccc(S)cc2)cc1)C(C)(C)C. The predicted octanol–water partition coefficient (Wildman–Crippen LogP) is 6.30.